The van der Waals surface area contributed by atoms with Gasteiger partial charge in [0.1, 0.15) is 0 Å². The molecular weight excluding hydrogens is 238 g/mol. The Balaban J connectivity index is 3.34. The van der Waals surface area contributed by atoms with Crippen molar-refractivity contribution in [3.05, 3.63) is 34.4 Å². The zero-order chi connectivity index (χ0) is 12.8. The van der Waals surface area contributed by atoms with Crippen LogP contribution < -0.4 is 0 Å². The molecule has 90 valence electrons. The van der Waals surface area contributed by atoms with Crippen molar-refractivity contribution in [1.29, 1.82) is 5.26 Å². The Morgan fingerprint density at radius 3 is 2.59 bits per heavy atom. The molecule has 0 N–H and O–H groups in total. The molecule has 1 aromatic rings. The monoisotopic (exact) mass is 251 g/mol. The predicted octanol–water partition coefficient (Wildman–Crippen LogP) is 3.04. The van der Waals surface area contributed by atoms with Gasteiger partial charge in [0.15, 0.2) is 0 Å². The number of esters is 1. The number of carbonyl (C=O) groups excluding carboxylic acids is 1. The fourth-order valence-corrected chi connectivity index (χ4v) is 2.06. The molecule has 1 rings (SSSR count). The van der Waals surface area contributed by atoms with Crippen molar-refractivity contribution in [2.45, 2.75) is 26.1 Å². The molecule has 0 aliphatic carbocycles. The number of carbonyl (C=O) groups is 1. The second-order valence-electron chi connectivity index (χ2n) is 3.44. The number of rotatable bonds is 4. The van der Waals surface area contributed by atoms with Crippen LogP contribution in [0.1, 0.15) is 40.9 Å². The van der Waals surface area contributed by atoms with Gasteiger partial charge < -0.3 is 4.74 Å². The van der Waals surface area contributed by atoms with Crippen molar-refractivity contribution in [1.82, 2.24) is 0 Å². The molecule has 0 aliphatic heterocycles. The van der Waals surface area contributed by atoms with E-state index in [-0.39, 0.29) is 11.8 Å². The number of nitriles is 1. The zero-order valence-corrected chi connectivity index (χ0v) is 10.7. The van der Waals surface area contributed by atoms with Crippen molar-refractivity contribution >= 4 is 17.6 Å². The Hall–Kier alpha value is -1.53. The zero-order valence-electron chi connectivity index (χ0n) is 9.92. The van der Waals surface area contributed by atoms with E-state index in [4.69, 9.17) is 21.6 Å². The van der Waals surface area contributed by atoms with Gasteiger partial charge in [0.25, 0.3) is 0 Å². The molecule has 0 spiro atoms. The summed E-state index contributed by atoms with van der Waals surface area (Å²) in [6, 6.07) is 5.33. The predicted molar refractivity (Wildman–Crippen MR) is 66.0 cm³/mol. The number of alkyl halides is 1. The Bertz CT molecular complexity index is 463. The average Bonchev–Trinajstić information content (AvgIpc) is 2.36. The van der Waals surface area contributed by atoms with Crippen LogP contribution in [0, 0.1) is 11.3 Å². The molecule has 3 nitrogen and oxygen atoms in total. The first-order chi connectivity index (χ1) is 8.19. The number of nitrogens with zero attached hydrogens (tertiary/aromatic N) is 1. The van der Waals surface area contributed by atoms with Gasteiger partial charge in [-0.05, 0) is 36.6 Å². The summed E-state index contributed by atoms with van der Waals surface area (Å²) in [5.74, 6) is -0.139. The minimum absolute atomic E-state index is 0.222. The van der Waals surface area contributed by atoms with Crippen LogP contribution in [0.25, 0.3) is 0 Å². The van der Waals surface area contributed by atoms with E-state index >= 15 is 0 Å². The lowest BCUT2D eigenvalue weighted by Gasteiger charge is -2.12. The minimum atomic E-state index is -0.361. The fraction of sp³-hybridized carbons (Fsp3) is 0.385. The molecule has 4 heteroatoms. The Kier molecular flexibility index (Phi) is 4.99. The topological polar surface area (TPSA) is 50.1 Å². The van der Waals surface area contributed by atoms with Gasteiger partial charge in [-0.15, -0.1) is 11.6 Å². The lowest BCUT2D eigenvalue weighted by molar-refractivity contribution is 0.0525. The van der Waals surface area contributed by atoms with Gasteiger partial charge in [-0.25, -0.2) is 4.79 Å². The van der Waals surface area contributed by atoms with Crippen LogP contribution in [-0.2, 0) is 17.0 Å². The highest BCUT2D eigenvalue weighted by Crippen LogP contribution is 2.22. The third kappa shape index (κ3) is 2.78. The van der Waals surface area contributed by atoms with Crippen molar-refractivity contribution in [2.24, 2.45) is 0 Å². The molecule has 1 aromatic carbocycles. The molecule has 17 heavy (non-hydrogen) atoms. The molecule has 0 saturated heterocycles. The number of halogens is 1. The SMILES string of the molecule is CCOC(=O)c1ccc(C#N)c(CCl)c1CC. The highest BCUT2D eigenvalue weighted by Gasteiger charge is 2.17. The van der Waals surface area contributed by atoms with E-state index in [1.54, 1.807) is 19.1 Å². The summed E-state index contributed by atoms with van der Waals surface area (Å²) in [5, 5.41) is 8.98. The van der Waals surface area contributed by atoms with Crippen LogP contribution in [0.15, 0.2) is 12.1 Å². The van der Waals surface area contributed by atoms with E-state index in [9.17, 15) is 4.79 Å². The number of ether oxygens (including phenoxy) is 1. The summed E-state index contributed by atoms with van der Waals surface area (Å²) in [7, 11) is 0. The molecule has 0 bridgehead atoms. The smallest absolute Gasteiger partial charge is 0.338 e. The maximum atomic E-state index is 11.7. The second kappa shape index (κ2) is 6.27. The largest absolute Gasteiger partial charge is 0.462 e. The molecular formula is C13H14ClNO2. The van der Waals surface area contributed by atoms with Crippen LogP contribution >= 0.6 is 11.6 Å². The summed E-state index contributed by atoms with van der Waals surface area (Å²) < 4.78 is 4.98. The van der Waals surface area contributed by atoms with Crippen molar-refractivity contribution in [3.8, 4) is 6.07 Å². The number of hydrogen-bond donors (Lipinski definition) is 0. The Morgan fingerprint density at radius 2 is 2.12 bits per heavy atom. The summed E-state index contributed by atoms with van der Waals surface area (Å²) in [5.41, 5.74) is 2.55. The van der Waals surface area contributed by atoms with E-state index in [0.717, 1.165) is 11.1 Å². The highest BCUT2D eigenvalue weighted by molar-refractivity contribution is 6.17. The molecule has 0 amide bonds. The second-order valence-corrected chi connectivity index (χ2v) is 3.70. The van der Waals surface area contributed by atoms with Crippen molar-refractivity contribution in [2.75, 3.05) is 6.61 Å². The van der Waals surface area contributed by atoms with Crippen molar-refractivity contribution in [3.63, 3.8) is 0 Å². The first-order valence-corrected chi connectivity index (χ1v) is 6.00. The van der Waals surface area contributed by atoms with E-state index in [1.165, 1.54) is 0 Å². The maximum absolute atomic E-state index is 11.7. The maximum Gasteiger partial charge on any atom is 0.338 e. The molecule has 0 aromatic heterocycles. The quantitative estimate of drug-likeness (QED) is 0.610. The molecule has 0 heterocycles. The lowest BCUT2D eigenvalue weighted by Crippen LogP contribution is -2.10. The minimum Gasteiger partial charge on any atom is -0.462 e. The summed E-state index contributed by atoms with van der Waals surface area (Å²) in [6.45, 7) is 4.02. The average molecular weight is 252 g/mol. The summed E-state index contributed by atoms with van der Waals surface area (Å²) in [6.07, 6.45) is 0.645. The molecule has 0 fully saturated rings. The van der Waals surface area contributed by atoms with Crippen LogP contribution in [0.3, 0.4) is 0 Å². The van der Waals surface area contributed by atoms with Gasteiger partial charge in [-0.1, -0.05) is 6.92 Å². The lowest BCUT2D eigenvalue weighted by atomic mass is 9.95. The van der Waals surface area contributed by atoms with E-state index in [1.807, 2.05) is 6.92 Å². The number of hydrogen-bond acceptors (Lipinski definition) is 3. The molecule has 0 atom stereocenters. The Morgan fingerprint density at radius 1 is 1.41 bits per heavy atom. The molecule has 0 radical (unpaired) electrons. The van der Waals surface area contributed by atoms with Gasteiger partial charge in [-0.3, -0.25) is 0 Å². The number of benzene rings is 1. The Labute approximate surface area is 106 Å². The first-order valence-electron chi connectivity index (χ1n) is 5.47. The van der Waals surface area contributed by atoms with Crippen LogP contribution in [0.5, 0.6) is 0 Å². The highest BCUT2D eigenvalue weighted by atomic mass is 35.5. The van der Waals surface area contributed by atoms with Gasteiger partial charge >= 0.3 is 5.97 Å². The van der Waals surface area contributed by atoms with Crippen LogP contribution in [0.2, 0.25) is 0 Å². The standard InChI is InChI=1S/C13H14ClNO2/c1-3-10-11(13(16)17-4-2)6-5-9(8-15)12(10)7-14/h5-6H,3-4,7H2,1-2H3. The molecule has 0 saturated carbocycles. The fourth-order valence-electron chi connectivity index (χ4n) is 1.75. The van der Waals surface area contributed by atoms with Crippen molar-refractivity contribution < 1.29 is 9.53 Å². The van der Waals surface area contributed by atoms with Gasteiger partial charge in [-0.2, -0.15) is 5.26 Å². The third-order valence-corrected chi connectivity index (χ3v) is 2.80. The van der Waals surface area contributed by atoms with E-state index < -0.39 is 0 Å². The summed E-state index contributed by atoms with van der Waals surface area (Å²) in [4.78, 5) is 11.7. The van der Waals surface area contributed by atoms with Gasteiger partial charge in [0.05, 0.1) is 23.8 Å². The van der Waals surface area contributed by atoms with Crippen LogP contribution in [0.4, 0.5) is 0 Å². The normalized spacial score (nSPS) is 9.76. The van der Waals surface area contributed by atoms with E-state index in [0.29, 0.717) is 24.2 Å². The summed E-state index contributed by atoms with van der Waals surface area (Å²) >= 11 is 5.85. The van der Waals surface area contributed by atoms with E-state index in [2.05, 4.69) is 6.07 Å². The molecule has 0 unspecified atom stereocenters. The molecule has 0 aliphatic rings. The third-order valence-electron chi connectivity index (χ3n) is 2.53. The van der Waals surface area contributed by atoms with Gasteiger partial charge in [0.2, 0.25) is 0 Å². The first kappa shape index (κ1) is 13.5. The van der Waals surface area contributed by atoms with Crippen LogP contribution in [-0.4, -0.2) is 12.6 Å². The van der Waals surface area contributed by atoms with Gasteiger partial charge in [0, 0.05) is 5.88 Å².